The van der Waals surface area contributed by atoms with Crippen molar-refractivity contribution >= 4 is 0 Å². The predicted octanol–water partition coefficient (Wildman–Crippen LogP) is 1.12. The second-order valence-electron chi connectivity index (χ2n) is 3.42. The van der Waals surface area contributed by atoms with Crippen LogP contribution in [0, 0.1) is 0 Å². The summed E-state index contributed by atoms with van der Waals surface area (Å²) in [6.45, 7) is 0. The first kappa shape index (κ1) is 9.86. The smallest absolute Gasteiger partial charge is 0.0839 e. The van der Waals surface area contributed by atoms with Crippen LogP contribution in [0.25, 0.3) is 0 Å². The van der Waals surface area contributed by atoms with Gasteiger partial charge in [0.1, 0.15) is 0 Å². The molecule has 0 saturated carbocycles. The van der Waals surface area contributed by atoms with Gasteiger partial charge in [-0.2, -0.15) is 5.10 Å². The van der Waals surface area contributed by atoms with Crippen molar-refractivity contribution in [3.63, 3.8) is 0 Å². The molecule has 0 bridgehead atoms. The lowest BCUT2D eigenvalue weighted by atomic mass is 10.1. The van der Waals surface area contributed by atoms with Crippen LogP contribution in [-0.4, -0.2) is 21.8 Å². The maximum absolute atomic E-state index is 4.38. The van der Waals surface area contributed by atoms with Crippen molar-refractivity contribution in [1.82, 2.24) is 20.1 Å². The van der Waals surface area contributed by atoms with Crippen molar-refractivity contribution in [2.75, 3.05) is 7.05 Å². The number of aromatic nitrogens is 3. The molecule has 0 aliphatic carbocycles. The molecule has 0 saturated heterocycles. The zero-order valence-corrected chi connectivity index (χ0v) is 8.88. The van der Waals surface area contributed by atoms with Gasteiger partial charge < -0.3 is 5.32 Å². The number of hydrogen-bond donors (Lipinski definition) is 1. The molecule has 4 nitrogen and oxygen atoms in total. The maximum atomic E-state index is 4.38. The van der Waals surface area contributed by atoms with E-state index in [-0.39, 0.29) is 6.04 Å². The van der Waals surface area contributed by atoms with Crippen molar-refractivity contribution in [2.24, 2.45) is 7.05 Å². The van der Waals surface area contributed by atoms with Crippen molar-refractivity contribution in [1.29, 1.82) is 0 Å². The fraction of sp³-hybridized carbons (Fsp3) is 0.273. The van der Waals surface area contributed by atoms with Crippen molar-refractivity contribution < 1.29 is 0 Å². The number of hydrogen-bond acceptors (Lipinski definition) is 3. The summed E-state index contributed by atoms with van der Waals surface area (Å²) in [5, 5.41) is 7.62. The number of pyridine rings is 1. The van der Waals surface area contributed by atoms with Gasteiger partial charge in [0.15, 0.2) is 0 Å². The van der Waals surface area contributed by atoms with Gasteiger partial charge >= 0.3 is 0 Å². The van der Waals surface area contributed by atoms with Gasteiger partial charge in [0.05, 0.1) is 11.7 Å². The Kier molecular flexibility index (Phi) is 2.78. The standard InChI is InChI=1S/C11H14N4/c1-12-11(9-4-3-6-13-8-9)10-5-7-15(2)14-10/h3-8,11-12H,1-2H3. The Labute approximate surface area is 89.0 Å². The third-order valence-corrected chi connectivity index (χ3v) is 2.34. The normalized spacial score (nSPS) is 12.7. The SMILES string of the molecule is CNC(c1cccnc1)c1ccn(C)n1. The lowest BCUT2D eigenvalue weighted by Gasteiger charge is -2.13. The Balaban J connectivity index is 2.33. The summed E-state index contributed by atoms with van der Waals surface area (Å²) in [5.41, 5.74) is 2.13. The van der Waals surface area contributed by atoms with Crippen LogP contribution in [-0.2, 0) is 7.05 Å². The summed E-state index contributed by atoms with van der Waals surface area (Å²) in [4.78, 5) is 4.11. The summed E-state index contributed by atoms with van der Waals surface area (Å²) < 4.78 is 1.80. The monoisotopic (exact) mass is 202 g/mol. The number of nitrogens with zero attached hydrogens (tertiary/aromatic N) is 3. The third-order valence-electron chi connectivity index (χ3n) is 2.34. The Bertz CT molecular complexity index is 421. The van der Waals surface area contributed by atoms with Gasteiger partial charge in [-0.25, -0.2) is 0 Å². The Hall–Kier alpha value is -1.68. The van der Waals surface area contributed by atoms with Crippen LogP contribution in [0.3, 0.4) is 0 Å². The molecule has 0 spiro atoms. The molecule has 1 atom stereocenters. The van der Waals surface area contributed by atoms with E-state index in [4.69, 9.17) is 0 Å². The Morgan fingerprint density at radius 2 is 2.27 bits per heavy atom. The predicted molar refractivity (Wildman–Crippen MR) is 58.3 cm³/mol. The summed E-state index contributed by atoms with van der Waals surface area (Å²) in [7, 11) is 3.84. The van der Waals surface area contributed by atoms with E-state index in [1.165, 1.54) is 0 Å². The van der Waals surface area contributed by atoms with Gasteiger partial charge in [-0.1, -0.05) is 6.07 Å². The topological polar surface area (TPSA) is 42.7 Å². The van der Waals surface area contributed by atoms with Gasteiger partial charge in [-0.15, -0.1) is 0 Å². The van der Waals surface area contributed by atoms with E-state index in [0.29, 0.717) is 0 Å². The molecule has 15 heavy (non-hydrogen) atoms. The molecule has 2 aromatic heterocycles. The first-order chi connectivity index (χ1) is 7.31. The summed E-state index contributed by atoms with van der Waals surface area (Å²) >= 11 is 0. The minimum atomic E-state index is 0.111. The summed E-state index contributed by atoms with van der Waals surface area (Å²) in [6, 6.07) is 6.10. The molecule has 2 rings (SSSR count). The Morgan fingerprint density at radius 3 is 2.80 bits per heavy atom. The van der Waals surface area contributed by atoms with Crippen LogP contribution < -0.4 is 5.32 Å². The molecule has 0 aliphatic heterocycles. The molecule has 2 heterocycles. The van der Waals surface area contributed by atoms with E-state index >= 15 is 0 Å². The van der Waals surface area contributed by atoms with Gasteiger partial charge in [0.25, 0.3) is 0 Å². The van der Waals surface area contributed by atoms with E-state index in [1.807, 2.05) is 44.7 Å². The third kappa shape index (κ3) is 2.05. The number of nitrogens with one attached hydrogen (secondary N) is 1. The first-order valence-corrected chi connectivity index (χ1v) is 4.88. The first-order valence-electron chi connectivity index (χ1n) is 4.88. The van der Waals surface area contributed by atoms with Gasteiger partial charge in [-0.3, -0.25) is 9.67 Å². The molecule has 2 aromatic rings. The molecule has 0 radical (unpaired) electrons. The second kappa shape index (κ2) is 4.23. The van der Waals surface area contributed by atoms with Crippen LogP contribution in [0.5, 0.6) is 0 Å². The van der Waals surface area contributed by atoms with Crippen LogP contribution in [0.2, 0.25) is 0 Å². The van der Waals surface area contributed by atoms with E-state index in [1.54, 1.807) is 10.9 Å². The van der Waals surface area contributed by atoms with Gasteiger partial charge in [-0.05, 0) is 24.7 Å². The highest BCUT2D eigenvalue weighted by atomic mass is 15.3. The highest BCUT2D eigenvalue weighted by molar-refractivity contribution is 5.24. The Morgan fingerprint density at radius 1 is 1.40 bits per heavy atom. The lowest BCUT2D eigenvalue weighted by molar-refractivity contribution is 0.640. The van der Waals surface area contributed by atoms with Crippen LogP contribution >= 0.6 is 0 Å². The molecule has 0 amide bonds. The van der Waals surface area contributed by atoms with E-state index in [0.717, 1.165) is 11.3 Å². The highest BCUT2D eigenvalue weighted by Gasteiger charge is 2.13. The van der Waals surface area contributed by atoms with E-state index in [9.17, 15) is 0 Å². The average Bonchev–Trinajstić information content (AvgIpc) is 2.68. The fourth-order valence-electron chi connectivity index (χ4n) is 1.62. The number of rotatable bonds is 3. The average molecular weight is 202 g/mol. The van der Waals surface area contributed by atoms with Crippen molar-refractivity contribution in [3.8, 4) is 0 Å². The van der Waals surface area contributed by atoms with E-state index in [2.05, 4.69) is 15.4 Å². The molecule has 1 N–H and O–H groups in total. The minimum absolute atomic E-state index is 0.111. The fourth-order valence-corrected chi connectivity index (χ4v) is 1.62. The molecule has 0 aliphatic rings. The zero-order valence-electron chi connectivity index (χ0n) is 8.88. The molecule has 0 aromatic carbocycles. The molecule has 4 heteroatoms. The van der Waals surface area contributed by atoms with E-state index < -0.39 is 0 Å². The number of aryl methyl sites for hydroxylation is 1. The highest BCUT2D eigenvalue weighted by Crippen LogP contribution is 2.18. The van der Waals surface area contributed by atoms with Crippen LogP contribution in [0.4, 0.5) is 0 Å². The molecular weight excluding hydrogens is 188 g/mol. The zero-order chi connectivity index (χ0) is 10.7. The minimum Gasteiger partial charge on any atom is -0.308 e. The second-order valence-corrected chi connectivity index (χ2v) is 3.42. The molecule has 78 valence electrons. The molecule has 1 unspecified atom stereocenters. The van der Waals surface area contributed by atoms with Crippen molar-refractivity contribution in [2.45, 2.75) is 6.04 Å². The van der Waals surface area contributed by atoms with Crippen LogP contribution in [0.15, 0.2) is 36.8 Å². The molecule has 0 fully saturated rings. The van der Waals surface area contributed by atoms with Gasteiger partial charge in [0.2, 0.25) is 0 Å². The maximum Gasteiger partial charge on any atom is 0.0839 e. The summed E-state index contributed by atoms with van der Waals surface area (Å²) in [5.74, 6) is 0. The lowest BCUT2D eigenvalue weighted by Crippen LogP contribution is -2.18. The largest absolute Gasteiger partial charge is 0.308 e. The van der Waals surface area contributed by atoms with Crippen molar-refractivity contribution in [3.05, 3.63) is 48.0 Å². The summed E-state index contributed by atoms with van der Waals surface area (Å²) in [6.07, 6.45) is 5.57. The molecular formula is C11H14N4. The quantitative estimate of drug-likeness (QED) is 0.811. The van der Waals surface area contributed by atoms with Gasteiger partial charge in [0, 0.05) is 25.6 Å². The van der Waals surface area contributed by atoms with Crippen LogP contribution in [0.1, 0.15) is 17.3 Å².